The Morgan fingerprint density at radius 1 is 1.41 bits per heavy atom. The van der Waals surface area contributed by atoms with E-state index in [4.69, 9.17) is 10.5 Å². The fraction of sp³-hybridized carbons (Fsp3) is 0.571. The topological polar surface area (TPSA) is 38.5 Å². The van der Waals surface area contributed by atoms with Gasteiger partial charge in [0.05, 0.1) is 0 Å². The van der Waals surface area contributed by atoms with Gasteiger partial charge in [-0.25, -0.2) is 0 Å². The zero-order valence-electron chi connectivity index (χ0n) is 10.6. The summed E-state index contributed by atoms with van der Waals surface area (Å²) in [6.07, 6.45) is 1.10. The maximum atomic E-state index is 5.75. The number of nitrogens with two attached hydrogens (primary N) is 1. The summed E-state index contributed by atoms with van der Waals surface area (Å²) in [5.74, 6) is 1.70. The van der Waals surface area contributed by atoms with Gasteiger partial charge in [-0.3, -0.25) is 4.90 Å². The number of para-hydroxylation sites is 1. The van der Waals surface area contributed by atoms with E-state index in [1.54, 1.807) is 0 Å². The molecule has 1 heterocycles. The van der Waals surface area contributed by atoms with Crippen molar-refractivity contribution < 1.29 is 4.74 Å². The molecule has 0 spiro atoms. The average Bonchev–Trinajstić information content (AvgIpc) is 2.50. The molecule has 3 heteroatoms. The van der Waals surface area contributed by atoms with Crippen molar-refractivity contribution in [1.29, 1.82) is 0 Å². The summed E-state index contributed by atoms with van der Waals surface area (Å²) in [6, 6.07) is 8.32. The van der Waals surface area contributed by atoms with Crippen LogP contribution in [0.1, 0.15) is 18.9 Å². The van der Waals surface area contributed by atoms with E-state index >= 15 is 0 Å². The van der Waals surface area contributed by atoms with Gasteiger partial charge in [-0.2, -0.15) is 0 Å². The molecule has 0 aromatic heterocycles. The van der Waals surface area contributed by atoms with Crippen molar-refractivity contribution in [3.05, 3.63) is 29.8 Å². The molecule has 1 aliphatic rings. The van der Waals surface area contributed by atoms with Crippen molar-refractivity contribution in [3.8, 4) is 5.75 Å². The largest absolute Gasteiger partial charge is 0.492 e. The highest BCUT2D eigenvalue weighted by Gasteiger charge is 2.16. The number of benzene rings is 1. The van der Waals surface area contributed by atoms with E-state index in [0.29, 0.717) is 5.92 Å². The first kappa shape index (κ1) is 12.4. The van der Waals surface area contributed by atoms with Gasteiger partial charge in [0.1, 0.15) is 12.4 Å². The number of rotatable bonds is 4. The van der Waals surface area contributed by atoms with Gasteiger partial charge in [0.15, 0.2) is 0 Å². The Kier molecular flexibility index (Phi) is 4.40. The monoisotopic (exact) mass is 234 g/mol. The van der Waals surface area contributed by atoms with Gasteiger partial charge >= 0.3 is 0 Å². The van der Waals surface area contributed by atoms with E-state index in [2.05, 4.69) is 30.0 Å². The van der Waals surface area contributed by atoms with Crippen molar-refractivity contribution in [3.63, 3.8) is 0 Å². The predicted molar refractivity (Wildman–Crippen MR) is 70.0 cm³/mol. The van der Waals surface area contributed by atoms with Crippen molar-refractivity contribution in [2.45, 2.75) is 19.9 Å². The SMILES string of the molecule is CC(CCN)CN1CCOc2ccccc2C1. The maximum Gasteiger partial charge on any atom is 0.123 e. The van der Waals surface area contributed by atoms with Gasteiger partial charge in [-0.1, -0.05) is 25.1 Å². The van der Waals surface area contributed by atoms with Gasteiger partial charge < -0.3 is 10.5 Å². The fourth-order valence-corrected chi connectivity index (χ4v) is 2.35. The lowest BCUT2D eigenvalue weighted by molar-refractivity contribution is 0.200. The highest BCUT2D eigenvalue weighted by molar-refractivity contribution is 5.33. The van der Waals surface area contributed by atoms with Crippen LogP contribution in [0.5, 0.6) is 5.75 Å². The van der Waals surface area contributed by atoms with Crippen LogP contribution in [0.25, 0.3) is 0 Å². The second kappa shape index (κ2) is 6.03. The lowest BCUT2D eigenvalue weighted by Gasteiger charge is -2.23. The zero-order valence-corrected chi connectivity index (χ0v) is 10.6. The molecular formula is C14H22N2O. The number of nitrogens with zero attached hydrogens (tertiary/aromatic N) is 1. The first-order valence-electron chi connectivity index (χ1n) is 6.42. The molecule has 0 saturated carbocycles. The molecule has 3 nitrogen and oxygen atoms in total. The Hall–Kier alpha value is -1.06. The second-order valence-electron chi connectivity index (χ2n) is 4.87. The highest BCUT2D eigenvalue weighted by atomic mass is 16.5. The second-order valence-corrected chi connectivity index (χ2v) is 4.87. The standard InChI is InChI=1S/C14H22N2O/c1-12(6-7-15)10-16-8-9-17-14-5-3-2-4-13(14)11-16/h2-5,12H,6-11,15H2,1H3. The molecule has 94 valence electrons. The minimum absolute atomic E-state index is 0.658. The van der Waals surface area contributed by atoms with E-state index in [9.17, 15) is 0 Å². The van der Waals surface area contributed by atoms with Gasteiger partial charge in [-0.15, -0.1) is 0 Å². The predicted octanol–water partition coefficient (Wildman–Crippen LogP) is 1.87. The average molecular weight is 234 g/mol. The molecule has 0 fully saturated rings. The van der Waals surface area contributed by atoms with Crippen LogP contribution in [-0.4, -0.2) is 31.1 Å². The van der Waals surface area contributed by atoms with E-state index in [1.807, 2.05) is 6.07 Å². The van der Waals surface area contributed by atoms with Crippen LogP contribution in [0.15, 0.2) is 24.3 Å². The summed E-state index contributed by atoms with van der Waals surface area (Å²) in [4.78, 5) is 2.46. The quantitative estimate of drug-likeness (QED) is 0.864. The van der Waals surface area contributed by atoms with Gasteiger partial charge in [0, 0.05) is 25.2 Å². The molecule has 0 aliphatic carbocycles. The molecular weight excluding hydrogens is 212 g/mol. The van der Waals surface area contributed by atoms with Crippen LogP contribution in [-0.2, 0) is 6.54 Å². The minimum atomic E-state index is 0.658. The smallest absolute Gasteiger partial charge is 0.123 e. The maximum absolute atomic E-state index is 5.75. The van der Waals surface area contributed by atoms with Crippen LogP contribution < -0.4 is 10.5 Å². The Morgan fingerprint density at radius 2 is 2.24 bits per heavy atom. The number of fused-ring (bicyclic) bond motifs is 1. The molecule has 17 heavy (non-hydrogen) atoms. The molecule has 2 rings (SSSR count). The fourth-order valence-electron chi connectivity index (χ4n) is 2.35. The molecule has 2 N–H and O–H groups in total. The molecule has 1 atom stereocenters. The Labute approximate surface area is 104 Å². The van der Waals surface area contributed by atoms with E-state index in [-0.39, 0.29) is 0 Å². The highest BCUT2D eigenvalue weighted by Crippen LogP contribution is 2.22. The van der Waals surface area contributed by atoms with Crippen molar-refractivity contribution in [2.24, 2.45) is 11.7 Å². The van der Waals surface area contributed by atoms with Crippen LogP contribution >= 0.6 is 0 Å². The van der Waals surface area contributed by atoms with Crippen molar-refractivity contribution in [1.82, 2.24) is 4.90 Å². The summed E-state index contributed by atoms with van der Waals surface area (Å²) in [6.45, 7) is 6.93. The van der Waals surface area contributed by atoms with Crippen molar-refractivity contribution in [2.75, 3.05) is 26.2 Å². The molecule has 0 radical (unpaired) electrons. The Bertz CT molecular complexity index is 354. The van der Waals surface area contributed by atoms with Gasteiger partial charge in [0.25, 0.3) is 0 Å². The third kappa shape index (κ3) is 3.45. The molecule has 1 aliphatic heterocycles. The zero-order chi connectivity index (χ0) is 12.1. The van der Waals surface area contributed by atoms with Crippen LogP contribution in [0.2, 0.25) is 0 Å². The van der Waals surface area contributed by atoms with E-state index in [0.717, 1.165) is 45.0 Å². The molecule has 1 aromatic rings. The molecule has 0 bridgehead atoms. The molecule has 0 saturated heterocycles. The van der Waals surface area contributed by atoms with Crippen LogP contribution in [0.4, 0.5) is 0 Å². The summed E-state index contributed by atoms with van der Waals surface area (Å²) in [5.41, 5.74) is 6.90. The molecule has 0 amide bonds. The van der Waals surface area contributed by atoms with Crippen molar-refractivity contribution >= 4 is 0 Å². The molecule has 1 aromatic carbocycles. The summed E-state index contributed by atoms with van der Waals surface area (Å²) in [7, 11) is 0. The normalized spacial score (nSPS) is 18.0. The lowest BCUT2D eigenvalue weighted by Crippen LogP contribution is -2.31. The molecule has 1 unspecified atom stereocenters. The first-order valence-corrected chi connectivity index (χ1v) is 6.42. The van der Waals surface area contributed by atoms with E-state index in [1.165, 1.54) is 5.56 Å². The van der Waals surface area contributed by atoms with E-state index < -0.39 is 0 Å². The minimum Gasteiger partial charge on any atom is -0.492 e. The number of hydrogen-bond acceptors (Lipinski definition) is 3. The first-order chi connectivity index (χ1) is 8.29. The Morgan fingerprint density at radius 3 is 3.06 bits per heavy atom. The summed E-state index contributed by atoms with van der Waals surface area (Å²) in [5, 5.41) is 0. The lowest BCUT2D eigenvalue weighted by atomic mass is 10.1. The Balaban J connectivity index is 1.98. The summed E-state index contributed by atoms with van der Waals surface area (Å²) < 4.78 is 5.75. The van der Waals surface area contributed by atoms with Crippen LogP contribution in [0, 0.1) is 5.92 Å². The van der Waals surface area contributed by atoms with Gasteiger partial charge in [-0.05, 0) is 24.9 Å². The van der Waals surface area contributed by atoms with Gasteiger partial charge in [0.2, 0.25) is 0 Å². The number of hydrogen-bond donors (Lipinski definition) is 1. The third-order valence-corrected chi connectivity index (χ3v) is 3.26. The number of ether oxygens (including phenoxy) is 1. The third-order valence-electron chi connectivity index (χ3n) is 3.26. The summed E-state index contributed by atoms with van der Waals surface area (Å²) >= 11 is 0. The van der Waals surface area contributed by atoms with Crippen LogP contribution in [0.3, 0.4) is 0 Å².